The Hall–Kier alpha value is -1.57. The molecular formula is C15H20N2O2. The van der Waals surface area contributed by atoms with Crippen LogP contribution in [0.15, 0.2) is 24.3 Å². The molecule has 0 saturated heterocycles. The van der Waals surface area contributed by atoms with E-state index in [4.69, 9.17) is 10.00 Å². The number of nitrogens with zero attached hydrogens (tertiary/aromatic N) is 1. The molecule has 0 aliphatic heterocycles. The molecule has 4 heteroatoms. The first-order chi connectivity index (χ1) is 9.28. The molecule has 1 aromatic carbocycles. The SMILES string of the molecule is N#CCOc1cccc(CNC2CCC(O)CC2)c1. The smallest absolute Gasteiger partial charge is 0.174 e. The Labute approximate surface area is 114 Å². The van der Waals surface area contributed by atoms with E-state index in [-0.39, 0.29) is 12.7 Å². The lowest BCUT2D eigenvalue weighted by molar-refractivity contribution is 0.116. The van der Waals surface area contributed by atoms with Crippen molar-refractivity contribution in [3.63, 3.8) is 0 Å². The fourth-order valence-corrected chi connectivity index (χ4v) is 2.40. The van der Waals surface area contributed by atoms with Crippen LogP contribution in [0.3, 0.4) is 0 Å². The molecule has 2 rings (SSSR count). The number of aliphatic hydroxyl groups is 1. The average molecular weight is 260 g/mol. The van der Waals surface area contributed by atoms with Gasteiger partial charge in [0, 0.05) is 12.6 Å². The van der Waals surface area contributed by atoms with Gasteiger partial charge >= 0.3 is 0 Å². The number of hydrogen-bond acceptors (Lipinski definition) is 4. The third-order valence-electron chi connectivity index (χ3n) is 3.49. The summed E-state index contributed by atoms with van der Waals surface area (Å²) in [5.74, 6) is 0.736. The van der Waals surface area contributed by atoms with Crippen molar-refractivity contribution < 1.29 is 9.84 Å². The third kappa shape index (κ3) is 4.55. The Morgan fingerprint density at radius 1 is 1.32 bits per heavy atom. The van der Waals surface area contributed by atoms with Crippen molar-refractivity contribution in [2.45, 2.75) is 44.4 Å². The van der Waals surface area contributed by atoms with Gasteiger partial charge in [0.2, 0.25) is 0 Å². The van der Waals surface area contributed by atoms with Crippen LogP contribution in [0.25, 0.3) is 0 Å². The highest BCUT2D eigenvalue weighted by molar-refractivity contribution is 5.28. The van der Waals surface area contributed by atoms with Gasteiger partial charge in [-0.1, -0.05) is 12.1 Å². The summed E-state index contributed by atoms with van der Waals surface area (Å²) in [6.07, 6.45) is 3.74. The van der Waals surface area contributed by atoms with Gasteiger partial charge < -0.3 is 15.2 Å². The molecule has 102 valence electrons. The molecule has 0 spiro atoms. The number of nitriles is 1. The summed E-state index contributed by atoms with van der Waals surface area (Å²) in [6.45, 7) is 0.877. The number of benzene rings is 1. The van der Waals surface area contributed by atoms with Crippen molar-refractivity contribution >= 4 is 0 Å². The summed E-state index contributed by atoms with van der Waals surface area (Å²) in [6, 6.07) is 10.3. The van der Waals surface area contributed by atoms with E-state index in [0.29, 0.717) is 6.04 Å². The van der Waals surface area contributed by atoms with Gasteiger partial charge in [0.05, 0.1) is 6.10 Å². The monoisotopic (exact) mass is 260 g/mol. The molecule has 0 atom stereocenters. The summed E-state index contributed by atoms with van der Waals surface area (Å²) >= 11 is 0. The van der Waals surface area contributed by atoms with Crippen LogP contribution in [0, 0.1) is 11.3 Å². The number of ether oxygens (including phenoxy) is 1. The van der Waals surface area contributed by atoms with Gasteiger partial charge in [0.1, 0.15) is 11.8 Å². The van der Waals surface area contributed by atoms with Crippen molar-refractivity contribution in [1.29, 1.82) is 5.26 Å². The average Bonchev–Trinajstić information content (AvgIpc) is 2.45. The maximum Gasteiger partial charge on any atom is 0.174 e. The first kappa shape index (κ1) is 13.9. The molecule has 0 bridgehead atoms. The normalized spacial score (nSPS) is 22.7. The minimum Gasteiger partial charge on any atom is -0.479 e. The summed E-state index contributed by atoms with van der Waals surface area (Å²) in [5, 5.41) is 21.5. The van der Waals surface area contributed by atoms with Crippen LogP contribution in [0.5, 0.6) is 5.75 Å². The topological polar surface area (TPSA) is 65.3 Å². The molecule has 0 aromatic heterocycles. The fraction of sp³-hybridized carbons (Fsp3) is 0.533. The van der Waals surface area contributed by atoms with Gasteiger partial charge in [-0.15, -0.1) is 0 Å². The second-order valence-corrected chi connectivity index (χ2v) is 4.98. The maximum atomic E-state index is 9.46. The zero-order chi connectivity index (χ0) is 13.5. The van der Waals surface area contributed by atoms with Gasteiger partial charge in [-0.25, -0.2) is 0 Å². The molecule has 1 saturated carbocycles. The van der Waals surface area contributed by atoms with Gasteiger partial charge in [-0.05, 0) is 43.4 Å². The summed E-state index contributed by atoms with van der Waals surface area (Å²) < 4.78 is 5.28. The highest BCUT2D eigenvalue weighted by Crippen LogP contribution is 2.19. The van der Waals surface area contributed by atoms with Crippen LogP contribution >= 0.6 is 0 Å². The molecule has 1 aliphatic rings. The summed E-state index contributed by atoms with van der Waals surface area (Å²) in [4.78, 5) is 0. The lowest BCUT2D eigenvalue weighted by Crippen LogP contribution is -2.34. The van der Waals surface area contributed by atoms with Crippen molar-refractivity contribution in [3.05, 3.63) is 29.8 Å². The number of aliphatic hydroxyl groups excluding tert-OH is 1. The van der Waals surface area contributed by atoms with E-state index in [2.05, 4.69) is 5.32 Å². The number of rotatable bonds is 5. The molecule has 0 unspecified atom stereocenters. The highest BCUT2D eigenvalue weighted by atomic mass is 16.5. The van der Waals surface area contributed by atoms with E-state index in [0.717, 1.165) is 43.5 Å². The van der Waals surface area contributed by atoms with E-state index < -0.39 is 0 Å². The van der Waals surface area contributed by atoms with Crippen molar-refractivity contribution in [1.82, 2.24) is 5.32 Å². The predicted molar refractivity (Wildman–Crippen MR) is 72.7 cm³/mol. The molecule has 4 nitrogen and oxygen atoms in total. The maximum absolute atomic E-state index is 9.46. The summed E-state index contributed by atoms with van der Waals surface area (Å²) in [5.41, 5.74) is 1.15. The van der Waals surface area contributed by atoms with Crippen molar-refractivity contribution in [2.24, 2.45) is 0 Å². The quantitative estimate of drug-likeness (QED) is 0.849. The Morgan fingerprint density at radius 2 is 2.11 bits per heavy atom. The van der Waals surface area contributed by atoms with E-state index in [1.54, 1.807) is 0 Å². The minimum atomic E-state index is -0.110. The Bertz CT molecular complexity index is 434. The standard InChI is InChI=1S/C15H20N2O2/c16-8-9-19-15-3-1-2-12(10-15)11-17-13-4-6-14(18)7-5-13/h1-3,10,13-14,17-18H,4-7,9,11H2. The molecule has 0 heterocycles. The second kappa shape index (κ2) is 7.13. The van der Waals surface area contributed by atoms with Crippen LogP contribution in [0.1, 0.15) is 31.2 Å². The number of hydrogen-bond donors (Lipinski definition) is 2. The molecule has 0 amide bonds. The van der Waals surface area contributed by atoms with Crippen molar-refractivity contribution in [3.8, 4) is 11.8 Å². The predicted octanol–water partition coefficient (Wildman–Crippen LogP) is 1.98. The molecule has 1 fully saturated rings. The Kier molecular flexibility index (Phi) is 5.20. The Balaban J connectivity index is 1.80. The van der Waals surface area contributed by atoms with E-state index in [1.807, 2.05) is 30.3 Å². The highest BCUT2D eigenvalue weighted by Gasteiger charge is 2.18. The zero-order valence-electron chi connectivity index (χ0n) is 11.0. The van der Waals surface area contributed by atoms with Gasteiger partial charge in [-0.2, -0.15) is 5.26 Å². The van der Waals surface area contributed by atoms with E-state index >= 15 is 0 Å². The van der Waals surface area contributed by atoms with Crippen LogP contribution in [0.2, 0.25) is 0 Å². The second-order valence-electron chi connectivity index (χ2n) is 4.98. The van der Waals surface area contributed by atoms with Gasteiger partial charge in [0.25, 0.3) is 0 Å². The molecule has 19 heavy (non-hydrogen) atoms. The molecule has 1 aliphatic carbocycles. The largest absolute Gasteiger partial charge is 0.479 e. The first-order valence-corrected chi connectivity index (χ1v) is 6.78. The molecule has 2 N–H and O–H groups in total. The van der Waals surface area contributed by atoms with E-state index in [1.165, 1.54) is 0 Å². The minimum absolute atomic E-state index is 0.0807. The fourth-order valence-electron chi connectivity index (χ4n) is 2.40. The summed E-state index contributed by atoms with van der Waals surface area (Å²) in [7, 11) is 0. The Morgan fingerprint density at radius 3 is 2.84 bits per heavy atom. The van der Waals surface area contributed by atoms with Crippen LogP contribution < -0.4 is 10.1 Å². The lowest BCUT2D eigenvalue weighted by atomic mass is 9.93. The van der Waals surface area contributed by atoms with Crippen molar-refractivity contribution in [2.75, 3.05) is 6.61 Å². The van der Waals surface area contributed by atoms with Gasteiger partial charge in [0.15, 0.2) is 6.61 Å². The number of nitrogens with one attached hydrogen (secondary N) is 1. The van der Waals surface area contributed by atoms with Gasteiger partial charge in [-0.3, -0.25) is 0 Å². The molecule has 1 aromatic rings. The first-order valence-electron chi connectivity index (χ1n) is 6.78. The zero-order valence-corrected chi connectivity index (χ0v) is 11.0. The molecular weight excluding hydrogens is 240 g/mol. The lowest BCUT2D eigenvalue weighted by Gasteiger charge is -2.26. The van der Waals surface area contributed by atoms with E-state index in [9.17, 15) is 5.11 Å². The van der Waals surface area contributed by atoms with Crippen LogP contribution in [-0.2, 0) is 6.54 Å². The van der Waals surface area contributed by atoms with Crippen LogP contribution in [0.4, 0.5) is 0 Å². The molecule has 0 radical (unpaired) electrons. The van der Waals surface area contributed by atoms with Crippen LogP contribution in [-0.4, -0.2) is 23.9 Å². The third-order valence-corrected chi connectivity index (χ3v) is 3.49.